The van der Waals surface area contributed by atoms with E-state index in [1.165, 1.54) is 154 Å². The van der Waals surface area contributed by atoms with Crippen molar-refractivity contribution >= 4 is 23.6 Å². The van der Waals surface area contributed by atoms with Crippen molar-refractivity contribution in [3.05, 3.63) is 6.07 Å². The number of carbonyl (C=O) groups excluding carboxylic acids is 2. The Morgan fingerprint density at radius 3 is 1.38 bits per heavy atom. The molecule has 0 radical (unpaired) electrons. The van der Waals surface area contributed by atoms with Gasteiger partial charge in [-0.1, -0.05) is 163 Å². The molecule has 0 aliphatic heterocycles. The number of anilines is 2. The van der Waals surface area contributed by atoms with Gasteiger partial charge < -0.3 is 25.4 Å². The molecule has 1 atom stereocenters. The van der Waals surface area contributed by atoms with Crippen LogP contribution < -0.4 is 11.1 Å². The average molecular weight is 846 g/mol. The number of esters is 2. The summed E-state index contributed by atoms with van der Waals surface area (Å²) in [7, 11) is 1.92. The standard InChI is InChI=1S/C51H99N5O4/c1-6-10-13-16-21-28-36-46(9-4)59-50(57)39-31-24-19-26-33-42-56(44-35-41-53-49-45-48(52)54-55(49)5)43-34-27-20-25-32-40-51(58)60-47(37-29-22-17-14-11-7-2)38-30-23-18-15-12-8-3/h45-47,53H,6-44H2,1-5H3,(H2,52,54). The fourth-order valence-electron chi connectivity index (χ4n) is 8.33. The molecule has 0 bridgehead atoms. The third-order valence-corrected chi connectivity index (χ3v) is 12.3. The lowest BCUT2D eigenvalue weighted by molar-refractivity contribution is -0.150. The fraction of sp³-hybridized carbons (Fsp3) is 0.902. The largest absolute Gasteiger partial charge is 0.462 e. The Kier molecular flexibility index (Phi) is 37.9. The molecule has 1 rings (SSSR count). The first-order chi connectivity index (χ1) is 29.3. The molecular weight excluding hydrogens is 747 g/mol. The summed E-state index contributed by atoms with van der Waals surface area (Å²) in [6.07, 6.45) is 40.6. The highest BCUT2D eigenvalue weighted by atomic mass is 16.5. The van der Waals surface area contributed by atoms with Crippen LogP contribution in [0.15, 0.2) is 6.07 Å². The number of nitrogens with zero attached hydrogens (tertiary/aromatic N) is 3. The van der Waals surface area contributed by atoms with Crippen LogP contribution in [0.1, 0.15) is 252 Å². The van der Waals surface area contributed by atoms with Crippen LogP contribution in [0.5, 0.6) is 0 Å². The minimum Gasteiger partial charge on any atom is -0.462 e. The van der Waals surface area contributed by atoms with Crippen molar-refractivity contribution in [2.45, 2.75) is 265 Å². The highest BCUT2D eigenvalue weighted by Crippen LogP contribution is 2.19. The molecule has 1 aromatic rings. The summed E-state index contributed by atoms with van der Waals surface area (Å²) >= 11 is 0. The monoisotopic (exact) mass is 846 g/mol. The molecule has 0 aliphatic carbocycles. The third kappa shape index (κ3) is 33.4. The van der Waals surface area contributed by atoms with Gasteiger partial charge in [-0.25, -0.2) is 0 Å². The second-order valence-corrected chi connectivity index (χ2v) is 18.0. The molecule has 0 fully saturated rings. The Bertz CT molecular complexity index is 1100. The van der Waals surface area contributed by atoms with E-state index in [9.17, 15) is 9.59 Å². The van der Waals surface area contributed by atoms with Crippen LogP contribution in [0.3, 0.4) is 0 Å². The van der Waals surface area contributed by atoms with Gasteiger partial charge in [-0.05, 0) is 96.7 Å². The van der Waals surface area contributed by atoms with Gasteiger partial charge in [0.15, 0.2) is 0 Å². The first-order valence-corrected chi connectivity index (χ1v) is 26.0. The van der Waals surface area contributed by atoms with Crippen molar-refractivity contribution in [2.75, 3.05) is 37.2 Å². The maximum absolute atomic E-state index is 12.9. The minimum absolute atomic E-state index is 0.00685. The zero-order valence-corrected chi connectivity index (χ0v) is 40.4. The topological polar surface area (TPSA) is 112 Å². The zero-order valence-electron chi connectivity index (χ0n) is 40.4. The number of aryl methyl sites for hydroxylation is 1. The molecule has 9 heteroatoms. The van der Waals surface area contributed by atoms with Crippen molar-refractivity contribution < 1.29 is 19.1 Å². The minimum atomic E-state index is -0.00685. The second-order valence-electron chi connectivity index (χ2n) is 18.0. The van der Waals surface area contributed by atoms with Crippen molar-refractivity contribution in [3.8, 4) is 0 Å². The summed E-state index contributed by atoms with van der Waals surface area (Å²) in [5.41, 5.74) is 5.87. The smallest absolute Gasteiger partial charge is 0.306 e. The summed E-state index contributed by atoms with van der Waals surface area (Å²) in [6, 6.07) is 1.89. The maximum Gasteiger partial charge on any atom is 0.306 e. The van der Waals surface area contributed by atoms with Crippen LogP contribution in [0, 0.1) is 0 Å². The van der Waals surface area contributed by atoms with E-state index in [2.05, 4.69) is 43.0 Å². The Hall–Kier alpha value is -2.29. The van der Waals surface area contributed by atoms with E-state index in [1.54, 1.807) is 4.68 Å². The predicted molar refractivity (Wildman–Crippen MR) is 257 cm³/mol. The SMILES string of the molecule is CCCCCCCCC(CC)OC(=O)CCCCCCCN(CCCCCCCC(=O)OC(CCCCCCCC)CCCCCCCC)CCCNc1cc(N)nn1C. The molecule has 352 valence electrons. The van der Waals surface area contributed by atoms with E-state index in [1.807, 2.05) is 13.1 Å². The summed E-state index contributed by atoms with van der Waals surface area (Å²) in [5, 5.41) is 7.74. The summed E-state index contributed by atoms with van der Waals surface area (Å²) in [5.74, 6) is 1.52. The molecule has 60 heavy (non-hydrogen) atoms. The zero-order chi connectivity index (χ0) is 43.7. The van der Waals surface area contributed by atoms with E-state index in [0.29, 0.717) is 18.7 Å². The summed E-state index contributed by atoms with van der Waals surface area (Å²) < 4.78 is 13.7. The maximum atomic E-state index is 12.9. The van der Waals surface area contributed by atoms with Gasteiger partial charge in [-0.15, -0.1) is 0 Å². The van der Waals surface area contributed by atoms with E-state index in [-0.39, 0.29) is 24.1 Å². The number of nitrogens with one attached hydrogen (secondary N) is 1. The van der Waals surface area contributed by atoms with Crippen LogP contribution in [-0.2, 0) is 26.1 Å². The van der Waals surface area contributed by atoms with Crippen molar-refractivity contribution in [2.24, 2.45) is 7.05 Å². The van der Waals surface area contributed by atoms with E-state index < -0.39 is 0 Å². The highest BCUT2D eigenvalue weighted by Gasteiger charge is 2.15. The van der Waals surface area contributed by atoms with Gasteiger partial charge in [0, 0.05) is 32.5 Å². The number of carbonyl (C=O) groups is 2. The van der Waals surface area contributed by atoms with E-state index in [0.717, 1.165) is 89.8 Å². The Labute approximate surface area is 371 Å². The number of hydrogen-bond acceptors (Lipinski definition) is 8. The molecule has 3 N–H and O–H groups in total. The Morgan fingerprint density at radius 1 is 0.567 bits per heavy atom. The van der Waals surface area contributed by atoms with Crippen LogP contribution in [0.25, 0.3) is 0 Å². The van der Waals surface area contributed by atoms with Gasteiger partial charge in [0.2, 0.25) is 0 Å². The van der Waals surface area contributed by atoms with Crippen LogP contribution in [0.4, 0.5) is 11.6 Å². The quantitative estimate of drug-likeness (QED) is 0.0493. The molecule has 0 saturated carbocycles. The molecule has 0 spiro atoms. The third-order valence-electron chi connectivity index (χ3n) is 12.3. The molecule has 1 heterocycles. The molecule has 0 saturated heterocycles. The van der Waals surface area contributed by atoms with Crippen LogP contribution in [-0.4, -0.2) is 65.0 Å². The molecule has 0 amide bonds. The lowest BCUT2D eigenvalue weighted by atomic mass is 10.0. The predicted octanol–water partition coefficient (Wildman–Crippen LogP) is 14.3. The molecule has 0 aliphatic rings. The number of rotatable bonds is 45. The van der Waals surface area contributed by atoms with Gasteiger partial charge in [0.1, 0.15) is 23.8 Å². The Morgan fingerprint density at radius 2 is 0.950 bits per heavy atom. The second kappa shape index (κ2) is 40.8. The molecular formula is C51H99N5O4. The number of unbranched alkanes of at least 4 members (excludes halogenated alkanes) is 23. The van der Waals surface area contributed by atoms with Crippen molar-refractivity contribution in [3.63, 3.8) is 0 Å². The van der Waals surface area contributed by atoms with E-state index in [4.69, 9.17) is 15.2 Å². The van der Waals surface area contributed by atoms with Crippen molar-refractivity contribution in [1.82, 2.24) is 14.7 Å². The lowest BCUT2D eigenvalue weighted by Gasteiger charge is -2.22. The van der Waals surface area contributed by atoms with Gasteiger partial charge in [0.25, 0.3) is 0 Å². The van der Waals surface area contributed by atoms with Gasteiger partial charge >= 0.3 is 11.9 Å². The first kappa shape index (κ1) is 55.7. The number of ether oxygens (including phenoxy) is 2. The molecule has 9 nitrogen and oxygen atoms in total. The summed E-state index contributed by atoms with van der Waals surface area (Å²) in [4.78, 5) is 28.0. The molecule has 1 unspecified atom stereocenters. The van der Waals surface area contributed by atoms with Gasteiger partial charge in [-0.3, -0.25) is 14.3 Å². The Balaban J connectivity index is 2.37. The van der Waals surface area contributed by atoms with Gasteiger partial charge in [-0.2, -0.15) is 5.10 Å². The van der Waals surface area contributed by atoms with Crippen LogP contribution >= 0.6 is 0 Å². The number of nitrogen functional groups attached to an aromatic ring is 1. The van der Waals surface area contributed by atoms with E-state index >= 15 is 0 Å². The fourth-order valence-corrected chi connectivity index (χ4v) is 8.33. The average Bonchev–Trinajstić information content (AvgIpc) is 3.56. The van der Waals surface area contributed by atoms with Crippen LogP contribution in [0.2, 0.25) is 0 Å². The highest BCUT2D eigenvalue weighted by molar-refractivity contribution is 5.69. The normalized spacial score (nSPS) is 12.1. The molecule has 0 aromatic carbocycles. The number of aromatic nitrogens is 2. The van der Waals surface area contributed by atoms with Crippen molar-refractivity contribution in [1.29, 1.82) is 0 Å². The van der Waals surface area contributed by atoms with Gasteiger partial charge in [0.05, 0.1) is 0 Å². The number of nitrogens with two attached hydrogens (primary N) is 1. The lowest BCUT2D eigenvalue weighted by Crippen LogP contribution is -2.28. The number of hydrogen-bond donors (Lipinski definition) is 2. The first-order valence-electron chi connectivity index (χ1n) is 26.0. The summed E-state index contributed by atoms with van der Waals surface area (Å²) in [6.45, 7) is 13.1. The molecule has 1 aromatic heterocycles.